The standard InChI is InChI=1S/C11H13ClIN3/c12-9-3-2-8(10(13)6-9)7-16-11-14-4-1-5-15-11/h2-3,6H,1,4-5,7H2,(H2,14,15,16). The van der Waals surface area contributed by atoms with E-state index >= 15 is 0 Å². The summed E-state index contributed by atoms with van der Waals surface area (Å²) in [6, 6.07) is 5.92. The molecule has 3 nitrogen and oxygen atoms in total. The minimum Gasteiger partial charge on any atom is -0.356 e. The Labute approximate surface area is 114 Å². The molecule has 5 heteroatoms. The third-order valence-electron chi connectivity index (χ3n) is 2.36. The summed E-state index contributed by atoms with van der Waals surface area (Å²) in [4.78, 5) is 4.36. The molecule has 0 spiro atoms. The predicted octanol–water partition coefficient (Wildman–Crippen LogP) is 2.38. The number of hydrogen-bond acceptors (Lipinski definition) is 3. The highest BCUT2D eigenvalue weighted by molar-refractivity contribution is 14.1. The minimum absolute atomic E-state index is 0.779. The average molecular weight is 350 g/mol. The summed E-state index contributed by atoms with van der Waals surface area (Å²) in [7, 11) is 0. The molecular formula is C11H13ClIN3. The zero-order chi connectivity index (χ0) is 11.4. The zero-order valence-corrected chi connectivity index (χ0v) is 11.7. The average Bonchev–Trinajstić information content (AvgIpc) is 2.29. The topological polar surface area (TPSA) is 36.4 Å². The van der Waals surface area contributed by atoms with Gasteiger partial charge >= 0.3 is 0 Å². The molecule has 0 saturated carbocycles. The summed E-state index contributed by atoms with van der Waals surface area (Å²) in [5, 5.41) is 7.30. The van der Waals surface area contributed by atoms with E-state index in [-0.39, 0.29) is 0 Å². The molecule has 0 bridgehead atoms. The van der Waals surface area contributed by atoms with Gasteiger partial charge in [-0.25, -0.2) is 0 Å². The molecule has 1 heterocycles. The van der Waals surface area contributed by atoms with E-state index in [1.165, 1.54) is 9.13 Å². The predicted molar refractivity (Wildman–Crippen MR) is 75.9 cm³/mol. The van der Waals surface area contributed by atoms with Crippen molar-refractivity contribution in [2.24, 2.45) is 4.99 Å². The SMILES string of the molecule is Clc1ccc(CNC2=NCCCN2)c(I)c1. The van der Waals surface area contributed by atoms with Crippen LogP contribution in [0.25, 0.3) is 0 Å². The van der Waals surface area contributed by atoms with Gasteiger partial charge in [-0.05, 0) is 46.7 Å². The molecule has 0 radical (unpaired) electrons. The van der Waals surface area contributed by atoms with Gasteiger partial charge in [0.2, 0.25) is 0 Å². The van der Waals surface area contributed by atoms with Gasteiger partial charge in [0.15, 0.2) is 5.96 Å². The molecule has 0 atom stereocenters. The fourth-order valence-corrected chi connectivity index (χ4v) is 2.56. The van der Waals surface area contributed by atoms with E-state index in [1.807, 2.05) is 18.2 Å². The van der Waals surface area contributed by atoms with E-state index in [4.69, 9.17) is 11.6 Å². The van der Waals surface area contributed by atoms with Crippen LogP contribution >= 0.6 is 34.2 Å². The second-order valence-corrected chi connectivity index (χ2v) is 5.20. The second kappa shape index (κ2) is 5.72. The Kier molecular flexibility index (Phi) is 4.29. The number of rotatable bonds is 2. The Hall–Kier alpha value is -0.490. The number of benzene rings is 1. The molecule has 0 aromatic heterocycles. The van der Waals surface area contributed by atoms with Gasteiger partial charge in [0.05, 0.1) is 0 Å². The van der Waals surface area contributed by atoms with Crippen molar-refractivity contribution in [1.29, 1.82) is 0 Å². The van der Waals surface area contributed by atoms with Gasteiger partial charge < -0.3 is 10.6 Å². The molecule has 0 saturated heterocycles. The maximum absolute atomic E-state index is 5.90. The normalized spacial score (nSPS) is 15.2. The van der Waals surface area contributed by atoms with E-state index in [9.17, 15) is 0 Å². The van der Waals surface area contributed by atoms with Gasteiger partial charge in [0, 0.05) is 28.2 Å². The minimum atomic E-state index is 0.779. The first-order valence-electron chi connectivity index (χ1n) is 5.22. The first-order valence-corrected chi connectivity index (χ1v) is 6.67. The van der Waals surface area contributed by atoms with Crippen LogP contribution in [0.1, 0.15) is 12.0 Å². The van der Waals surface area contributed by atoms with Crippen LogP contribution in [0, 0.1) is 3.57 Å². The van der Waals surface area contributed by atoms with Crippen LogP contribution in [0.2, 0.25) is 5.02 Å². The van der Waals surface area contributed by atoms with Crippen molar-refractivity contribution in [2.45, 2.75) is 13.0 Å². The van der Waals surface area contributed by atoms with Gasteiger partial charge in [-0.3, -0.25) is 4.99 Å². The highest BCUT2D eigenvalue weighted by Crippen LogP contribution is 2.17. The molecule has 0 amide bonds. The largest absolute Gasteiger partial charge is 0.356 e. The van der Waals surface area contributed by atoms with Gasteiger partial charge in [-0.1, -0.05) is 17.7 Å². The van der Waals surface area contributed by atoms with Crippen molar-refractivity contribution >= 4 is 40.2 Å². The van der Waals surface area contributed by atoms with Gasteiger partial charge in [-0.2, -0.15) is 0 Å². The van der Waals surface area contributed by atoms with Crippen LogP contribution in [0.15, 0.2) is 23.2 Å². The molecule has 0 aliphatic carbocycles. The number of nitrogens with zero attached hydrogens (tertiary/aromatic N) is 1. The summed E-state index contributed by atoms with van der Waals surface area (Å²) in [5.41, 5.74) is 1.24. The van der Waals surface area contributed by atoms with E-state index in [1.54, 1.807) is 0 Å². The monoisotopic (exact) mass is 349 g/mol. The van der Waals surface area contributed by atoms with Crippen LogP contribution in [-0.2, 0) is 6.54 Å². The number of nitrogens with one attached hydrogen (secondary N) is 2. The van der Waals surface area contributed by atoms with Crippen LogP contribution in [0.3, 0.4) is 0 Å². The van der Waals surface area contributed by atoms with Gasteiger partial charge in [0.25, 0.3) is 0 Å². The molecule has 1 aromatic carbocycles. The molecule has 2 rings (SSSR count). The van der Waals surface area contributed by atoms with E-state index < -0.39 is 0 Å². The Morgan fingerprint density at radius 3 is 3.06 bits per heavy atom. The molecule has 0 fully saturated rings. The Morgan fingerprint density at radius 2 is 2.38 bits per heavy atom. The number of aliphatic imine (C=N–C) groups is 1. The maximum Gasteiger partial charge on any atom is 0.191 e. The van der Waals surface area contributed by atoms with Crippen molar-refractivity contribution in [3.8, 4) is 0 Å². The fourth-order valence-electron chi connectivity index (χ4n) is 1.50. The fraction of sp³-hybridized carbons (Fsp3) is 0.364. The summed E-state index contributed by atoms with van der Waals surface area (Å²) in [6.45, 7) is 2.69. The number of halogens is 2. The van der Waals surface area contributed by atoms with Crippen molar-refractivity contribution in [2.75, 3.05) is 13.1 Å². The lowest BCUT2D eigenvalue weighted by molar-refractivity contribution is 0.701. The Balaban J connectivity index is 1.96. The molecule has 0 unspecified atom stereocenters. The van der Waals surface area contributed by atoms with Gasteiger partial charge in [0.1, 0.15) is 0 Å². The lowest BCUT2D eigenvalue weighted by atomic mass is 10.2. The van der Waals surface area contributed by atoms with Crippen molar-refractivity contribution < 1.29 is 0 Å². The Bertz CT molecular complexity index is 406. The first kappa shape index (κ1) is 12.0. The zero-order valence-electron chi connectivity index (χ0n) is 8.76. The van der Waals surface area contributed by atoms with E-state index in [0.717, 1.165) is 37.0 Å². The van der Waals surface area contributed by atoms with Gasteiger partial charge in [-0.15, -0.1) is 0 Å². The molecule has 16 heavy (non-hydrogen) atoms. The number of guanidine groups is 1. The highest BCUT2D eigenvalue weighted by atomic mass is 127. The smallest absolute Gasteiger partial charge is 0.191 e. The third-order valence-corrected chi connectivity index (χ3v) is 3.60. The van der Waals surface area contributed by atoms with Crippen LogP contribution in [-0.4, -0.2) is 19.0 Å². The summed E-state index contributed by atoms with van der Waals surface area (Å²) in [6.07, 6.45) is 1.11. The third kappa shape index (κ3) is 3.25. The van der Waals surface area contributed by atoms with Crippen LogP contribution < -0.4 is 10.6 Å². The second-order valence-electron chi connectivity index (χ2n) is 3.60. The summed E-state index contributed by atoms with van der Waals surface area (Å²) in [5.74, 6) is 0.900. The Morgan fingerprint density at radius 1 is 1.50 bits per heavy atom. The molecule has 1 aromatic rings. The molecule has 1 aliphatic heterocycles. The molecular weight excluding hydrogens is 336 g/mol. The molecule has 1 aliphatic rings. The quantitative estimate of drug-likeness (QED) is 0.804. The van der Waals surface area contributed by atoms with Crippen molar-refractivity contribution in [3.05, 3.63) is 32.4 Å². The van der Waals surface area contributed by atoms with Crippen LogP contribution in [0.5, 0.6) is 0 Å². The highest BCUT2D eigenvalue weighted by Gasteiger charge is 2.05. The lowest BCUT2D eigenvalue weighted by Crippen LogP contribution is -2.40. The first-order chi connectivity index (χ1) is 7.75. The number of hydrogen-bond donors (Lipinski definition) is 2. The maximum atomic E-state index is 5.90. The summed E-state index contributed by atoms with van der Waals surface area (Å²) >= 11 is 8.20. The molecule has 2 N–H and O–H groups in total. The summed E-state index contributed by atoms with van der Waals surface area (Å²) < 4.78 is 1.18. The van der Waals surface area contributed by atoms with E-state index in [0.29, 0.717) is 0 Å². The van der Waals surface area contributed by atoms with Crippen molar-refractivity contribution in [1.82, 2.24) is 10.6 Å². The van der Waals surface area contributed by atoms with E-state index in [2.05, 4.69) is 38.2 Å². The van der Waals surface area contributed by atoms with Crippen molar-refractivity contribution in [3.63, 3.8) is 0 Å². The lowest BCUT2D eigenvalue weighted by Gasteiger charge is -2.16. The molecule has 86 valence electrons. The van der Waals surface area contributed by atoms with Crippen LogP contribution in [0.4, 0.5) is 0 Å².